The average Bonchev–Trinajstić information content (AvgIpc) is 3.42. The number of benzene rings is 2. The molecule has 0 radical (unpaired) electrons. The lowest BCUT2D eigenvalue weighted by Gasteiger charge is -2.35. The van der Waals surface area contributed by atoms with Gasteiger partial charge in [-0.2, -0.15) is 5.26 Å². The molecule has 1 saturated heterocycles. The number of piperazine rings is 1. The van der Waals surface area contributed by atoms with Gasteiger partial charge in [0.1, 0.15) is 11.9 Å². The van der Waals surface area contributed by atoms with Crippen molar-refractivity contribution in [1.29, 1.82) is 5.26 Å². The Morgan fingerprint density at radius 2 is 1.76 bits per heavy atom. The highest BCUT2D eigenvalue weighted by molar-refractivity contribution is 7.10. The minimum atomic E-state index is 0.0765. The standard InChI is InChI=1S/C28H34N4OS/c1-30-14-12-27(28-7-4-20-34-28)33-26-6-3-2-5-25(26)22-32-18-16-31(17-19-32)15-13-23-8-10-24(21-29)11-9-23/h2-11,20,27,30H,12-19,22H2,1H3. The molecule has 0 saturated carbocycles. The zero-order valence-corrected chi connectivity index (χ0v) is 20.8. The van der Waals surface area contributed by atoms with E-state index in [9.17, 15) is 0 Å². The third-order valence-corrected chi connectivity index (χ3v) is 7.38. The summed E-state index contributed by atoms with van der Waals surface area (Å²) in [6.45, 7) is 7.20. The molecule has 1 aromatic heterocycles. The van der Waals surface area contributed by atoms with Gasteiger partial charge in [-0.1, -0.05) is 36.4 Å². The summed E-state index contributed by atoms with van der Waals surface area (Å²) in [4.78, 5) is 6.36. The fourth-order valence-corrected chi connectivity index (χ4v) is 5.15. The van der Waals surface area contributed by atoms with E-state index in [0.717, 1.165) is 70.0 Å². The van der Waals surface area contributed by atoms with Gasteiger partial charge in [0, 0.05) is 56.1 Å². The smallest absolute Gasteiger partial charge is 0.134 e. The van der Waals surface area contributed by atoms with E-state index in [1.165, 1.54) is 16.0 Å². The van der Waals surface area contributed by atoms with Gasteiger partial charge >= 0.3 is 0 Å². The minimum absolute atomic E-state index is 0.0765. The van der Waals surface area contributed by atoms with E-state index in [2.05, 4.69) is 75.1 Å². The van der Waals surface area contributed by atoms with Crippen LogP contribution in [0.1, 0.15) is 34.1 Å². The third kappa shape index (κ3) is 6.91. The van der Waals surface area contributed by atoms with Crippen molar-refractivity contribution in [3.63, 3.8) is 0 Å². The second-order valence-electron chi connectivity index (χ2n) is 8.80. The van der Waals surface area contributed by atoms with Gasteiger partial charge in [-0.15, -0.1) is 11.3 Å². The van der Waals surface area contributed by atoms with Crippen molar-refractivity contribution in [3.8, 4) is 11.8 Å². The van der Waals surface area contributed by atoms with Crippen LogP contribution in [0, 0.1) is 11.3 Å². The molecule has 2 heterocycles. The van der Waals surface area contributed by atoms with Crippen molar-refractivity contribution < 1.29 is 4.74 Å². The van der Waals surface area contributed by atoms with Crippen LogP contribution >= 0.6 is 11.3 Å². The van der Waals surface area contributed by atoms with Crippen LogP contribution in [-0.2, 0) is 13.0 Å². The van der Waals surface area contributed by atoms with Crippen LogP contribution in [0.5, 0.6) is 5.75 Å². The number of thiophene rings is 1. The predicted octanol–water partition coefficient (Wildman–Crippen LogP) is 4.71. The van der Waals surface area contributed by atoms with Crippen molar-refractivity contribution in [1.82, 2.24) is 15.1 Å². The van der Waals surface area contributed by atoms with Crippen LogP contribution in [-0.4, -0.2) is 56.1 Å². The zero-order chi connectivity index (χ0) is 23.6. The van der Waals surface area contributed by atoms with Crippen molar-refractivity contribution in [2.45, 2.75) is 25.5 Å². The third-order valence-electron chi connectivity index (χ3n) is 6.42. The summed E-state index contributed by atoms with van der Waals surface area (Å²) in [7, 11) is 1.99. The number of rotatable bonds is 11. The normalized spacial score (nSPS) is 15.6. The van der Waals surface area contributed by atoms with Crippen molar-refractivity contribution in [2.24, 2.45) is 0 Å². The van der Waals surface area contributed by atoms with Crippen LogP contribution < -0.4 is 10.1 Å². The summed E-state index contributed by atoms with van der Waals surface area (Å²) in [6.07, 6.45) is 2.05. The Morgan fingerprint density at radius 1 is 1.00 bits per heavy atom. The number of para-hydroxylation sites is 1. The molecule has 3 aromatic rings. The Kier molecular flexibility index (Phi) is 9.12. The molecule has 1 N–H and O–H groups in total. The molecular formula is C28H34N4OS. The van der Waals surface area contributed by atoms with E-state index < -0.39 is 0 Å². The molecule has 0 amide bonds. The van der Waals surface area contributed by atoms with E-state index >= 15 is 0 Å². The Balaban J connectivity index is 1.29. The lowest BCUT2D eigenvalue weighted by molar-refractivity contribution is 0.125. The topological polar surface area (TPSA) is 51.5 Å². The summed E-state index contributed by atoms with van der Waals surface area (Å²) in [5.74, 6) is 1.00. The molecule has 178 valence electrons. The van der Waals surface area contributed by atoms with Crippen LogP contribution in [0.3, 0.4) is 0 Å². The first kappa shape index (κ1) is 24.4. The second-order valence-corrected chi connectivity index (χ2v) is 9.78. The highest BCUT2D eigenvalue weighted by Gasteiger charge is 2.20. The Labute approximate surface area is 207 Å². The highest BCUT2D eigenvalue weighted by atomic mass is 32.1. The number of ether oxygens (including phenoxy) is 1. The van der Waals surface area contributed by atoms with Gasteiger partial charge in [0.15, 0.2) is 0 Å². The molecule has 1 aliphatic rings. The summed E-state index contributed by atoms with van der Waals surface area (Å²) in [5.41, 5.74) is 3.29. The SMILES string of the molecule is CNCCC(Oc1ccccc1CN1CCN(CCc2ccc(C#N)cc2)CC1)c1cccs1. The van der Waals surface area contributed by atoms with Gasteiger partial charge in [0.25, 0.3) is 0 Å². The number of hydrogen-bond acceptors (Lipinski definition) is 6. The predicted molar refractivity (Wildman–Crippen MR) is 139 cm³/mol. The Hall–Kier alpha value is -2.69. The largest absolute Gasteiger partial charge is 0.485 e. The van der Waals surface area contributed by atoms with E-state index in [4.69, 9.17) is 10.00 Å². The summed E-state index contributed by atoms with van der Waals surface area (Å²) < 4.78 is 6.57. The first-order valence-electron chi connectivity index (χ1n) is 12.1. The van der Waals surface area contributed by atoms with E-state index in [0.29, 0.717) is 0 Å². The minimum Gasteiger partial charge on any atom is -0.485 e. The molecule has 1 atom stereocenters. The van der Waals surface area contributed by atoms with Crippen LogP contribution in [0.2, 0.25) is 0 Å². The molecule has 0 spiro atoms. The summed E-state index contributed by atoms with van der Waals surface area (Å²) >= 11 is 1.76. The fourth-order valence-electron chi connectivity index (χ4n) is 4.36. The summed E-state index contributed by atoms with van der Waals surface area (Å²) in [6, 6.07) is 22.9. The van der Waals surface area contributed by atoms with Gasteiger partial charge in [-0.3, -0.25) is 4.90 Å². The Bertz CT molecular complexity index is 1040. The number of nitriles is 1. The van der Waals surface area contributed by atoms with Gasteiger partial charge in [0.05, 0.1) is 11.6 Å². The number of nitrogens with one attached hydrogen (secondary N) is 1. The lowest BCUT2D eigenvalue weighted by atomic mass is 10.1. The van der Waals surface area contributed by atoms with Crippen LogP contribution in [0.15, 0.2) is 66.0 Å². The molecular weight excluding hydrogens is 440 g/mol. The van der Waals surface area contributed by atoms with Crippen LogP contribution in [0.25, 0.3) is 0 Å². The number of nitrogens with zero attached hydrogens (tertiary/aromatic N) is 3. The van der Waals surface area contributed by atoms with Crippen molar-refractivity contribution in [3.05, 3.63) is 87.6 Å². The van der Waals surface area contributed by atoms with Gasteiger partial charge in [-0.25, -0.2) is 0 Å². The average molecular weight is 475 g/mol. The molecule has 34 heavy (non-hydrogen) atoms. The van der Waals surface area contributed by atoms with E-state index in [1.807, 2.05) is 19.2 Å². The quantitative estimate of drug-likeness (QED) is 0.436. The molecule has 1 unspecified atom stereocenters. The first-order chi connectivity index (χ1) is 16.7. The van der Waals surface area contributed by atoms with E-state index in [1.54, 1.807) is 11.3 Å². The first-order valence-corrected chi connectivity index (χ1v) is 13.0. The summed E-state index contributed by atoms with van der Waals surface area (Å²) in [5, 5.41) is 14.3. The molecule has 0 aliphatic carbocycles. The van der Waals surface area contributed by atoms with Crippen LogP contribution in [0.4, 0.5) is 0 Å². The lowest BCUT2D eigenvalue weighted by Crippen LogP contribution is -2.46. The van der Waals surface area contributed by atoms with Crippen molar-refractivity contribution in [2.75, 3.05) is 46.3 Å². The maximum absolute atomic E-state index is 8.96. The second kappa shape index (κ2) is 12.7. The fraction of sp³-hybridized carbons (Fsp3) is 0.393. The molecule has 0 bridgehead atoms. The molecule has 2 aromatic carbocycles. The molecule has 1 fully saturated rings. The van der Waals surface area contributed by atoms with Gasteiger partial charge in [-0.05, 0) is 55.2 Å². The van der Waals surface area contributed by atoms with Crippen molar-refractivity contribution >= 4 is 11.3 Å². The Morgan fingerprint density at radius 3 is 2.47 bits per heavy atom. The number of hydrogen-bond donors (Lipinski definition) is 1. The molecule has 6 heteroatoms. The maximum Gasteiger partial charge on any atom is 0.134 e. The molecule has 1 aliphatic heterocycles. The van der Waals surface area contributed by atoms with E-state index in [-0.39, 0.29) is 6.10 Å². The van der Waals surface area contributed by atoms with Gasteiger partial charge in [0.2, 0.25) is 0 Å². The zero-order valence-electron chi connectivity index (χ0n) is 20.0. The van der Waals surface area contributed by atoms with Gasteiger partial charge < -0.3 is 15.0 Å². The molecule has 5 nitrogen and oxygen atoms in total. The highest BCUT2D eigenvalue weighted by Crippen LogP contribution is 2.30. The monoisotopic (exact) mass is 474 g/mol. The maximum atomic E-state index is 8.96. The molecule has 4 rings (SSSR count).